The summed E-state index contributed by atoms with van der Waals surface area (Å²) < 4.78 is 1.18. The Morgan fingerprint density at radius 2 is 1.91 bits per heavy atom. The van der Waals surface area contributed by atoms with Gasteiger partial charge in [-0.1, -0.05) is 24.6 Å². The van der Waals surface area contributed by atoms with Crippen molar-refractivity contribution < 1.29 is 4.79 Å². The van der Waals surface area contributed by atoms with Gasteiger partial charge in [-0.25, -0.2) is 0 Å². The first-order valence-electron chi connectivity index (χ1n) is 8.26. The van der Waals surface area contributed by atoms with E-state index < -0.39 is 0 Å². The summed E-state index contributed by atoms with van der Waals surface area (Å²) in [7, 11) is 0. The number of hydrogen-bond donors (Lipinski definition) is 2. The van der Waals surface area contributed by atoms with Gasteiger partial charge in [0.2, 0.25) is 0 Å². The van der Waals surface area contributed by atoms with Gasteiger partial charge in [-0.15, -0.1) is 11.3 Å². The normalized spacial score (nSPS) is 31.1. The van der Waals surface area contributed by atoms with Crippen LogP contribution in [0, 0.1) is 11.8 Å². The highest BCUT2D eigenvalue weighted by Gasteiger charge is 2.40. The molecule has 0 spiro atoms. The number of amides is 1. The number of carbonyl (C=O) groups excluding carboxylic acids is 1. The molecule has 2 atom stereocenters. The van der Waals surface area contributed by atoms with Gasteiger partial charge >= 0.3 is 0 Å². The molecule has 116 valence electrons. The molecule has 22 heavy (non-hydrogen) atoms. The Morgan fingerprint density at radius 3 is 2.64 bits per heavy atom. The molecule has 2 saturated carbocycles. The molecule has 0 radical (unpaired) electrons. The minimum Gasteiger partial charge on any atom is -0.348 e. The molecule has 2 aromatic rings. The number of fused-ring (bicyclic) bond motifs is 3. The molecule has 2 unspecified atom stereocenters. The number of thiophene rings is 1. The van der Waals surface area contributed by atoms with Crippen molar-refractivity contribution in [3.8, 4) is 0 Å². The van der Waals surface area contributed by atoms with Crippen LogP contribution in [0.2, 0.25) is 0 Å². The van der Waals surface area contributed by atoms with Crippen molar-refractivity contribution in [1.82, 2.24) is 5.32 Å². The first kappa shape index (κ1) is 14.2. The summed E-state index contributed by atoms with van der Waals surface area (Å²) in [5, 5.41) is 4.49. The third-order valence-corrected chi connectivity index (χ3v) is 6.44. The number of nitrogens with one attached hydrogen (secondary N) is 1. The lowest BCUT2D eigenvalue weighted by Gasteiger charge is -2.45. The van der Waals surface area contributed by atoms with E-state index in [4.69, 9.17) is 5.73 Å². The largest absolute Gasteiger partial charge is 0.348 e. The van der Waals surface area contributed by atoms with Gasteiger partial charge in [0, 0.05) is 16.8 Å². The third-order valence-electron chi connectivity index (χ3n) is 5.32. The smallest absolute Gasteiger partial charge is 0.261 e. The van der Waals surface area contributed by atoms with Crippen molar-refractivity contribution in [3.05, 3.63) is 35.2 Å². The van der Waals surface area contributed by atoms with Gasteiger partial charge < -0.3 is 11.1 Å². The third kappa shape index (κ3) is 2.55. The van der Waals surface area contributed by atoms with E-state index in [-0.39, 0.29) is 5.91 Å². The summed E-state index contributed by atoms with van der Waals surface area (Å²) >= 11 is 1.59. The van der Waals surface area contributed by atoms with Crippen LogP contribution < -0.4 is 11.1 Å². The summed E-state index contributed by atoms with van der Waals surface area (Å²) in [6.45, 7) is 0. The summed E-state index contributed by atoms with van der Waals surface area (Å²) in [4.78, 5) is 13.5. The van der Waals surface area contributed by atoms with E-state index in [0.29, 0.717) is 23.9 Å². The molecule has 3 N–H and O–H groups in total. The fraction of sp³-hybridized carbons (Fsp3) is 0.500. The maximum atomic E-state index is 12.7. The van der Waals surface area contributed by atoms with Crippen molar-refractivity contribution in [2.24, 2.45) is 17.6 Å². The highest BCUT2D eigenvalue weighted by molar-refractivity contribution is 7.20. The van der Waals surface area contributed by atoms with Crippen LogP contribution in [0.5, 0.6) is 0 Å². The molecular weight excluding hydrogens is 292 g/mol. The fourth-order valence-corrected chi connectivity index (χ4v) is 5.31. The molecule has 2 aliphatic rings. The zero-order valence-corrected chi connectivity index (χ0v) is 13.4. The van der Waals surface area contributed by atoms with Gasteiger partial charge in [0.25, 0.3) is 5.91 Å². The molecule has 1 heterocycles. The highest BCUT2D eigenvalue weighted by Crippen LogP contribution is 2.40. The van der Waals surface area contributed by atoms with Crippen molar-refractivity contribution >= 4 is 27.3 Å². The molecule has 1 aromatic heterocycles. The Bertz CT molecular complexity index is 648. The van der Waals surface area contributed by atoms with Gasteiger partial charge in [-0.3, -0.25) is 4.79 Å². The van der Waals surface area contributed by atoms with Crippen molar-refractivity contribution in [2.45, 2.75) is 44.2 Å². The lowest BCUT2D eigenvalue weighted by Crippen LogP contribution is -2.53. The molecule has 1 amide bonds. The lowest BCUT2D eigenvalue weighted by atomic mass is 9.67. The molecule has 4 rings (SSSR count). The number of hydrogen-bond acceptors (Lipinski definition) is 3. The number of carbonyl (C=O) groups is 1. The van der Waals surface area contributed by atoms with Crippen LogP contribution in [0.15, 0.2) is 30.3 Å². The molecule has 2 bridgehead atoms. The zero-order valence-electron chi connectivity index (χ0n) is 12.6. The number of nitrogens with two attached hydrogens (primary N) is 1. The quantitative estimate of drug-likeness (QED) is 0.891. The van der Waals surface area contributed by atoms with Gasteiger partial charge in [0.05, 0.1) is 4.88 Å². The molecule has 0 saturated heterocycles. The zero-order chi connectivity index (χ0) is 15.1. The second-order valence-corrected chi connectivity index (χ2v) is 7.91. The van der Waals surface area contributed by atoms with Gasteiger partial charge in [0.15, 0.2) is 0 Å². The van der Waals surface area contributed by atoms with Gasteiger partial charge in [0.1, 0.15) is 0 Å². The lowest BCUT2D eigenvalue weighted by molar-refractivity contribution is 0.0759. The van der Waals surface area contributed by atoms with Crippen LogP contribution in [0.25, 0.3) is 10.1 Å². The van der Waals surface area contributed by atoms with E-state index in [1.165, 1.54) is 24.0 Å². The molecular formula is C18H22N2OS. The Balaban J connectivity index is 1.54. The van der Waals surface area contributed by atoms with Crippen LogP contribution in [0.3, 0.4) is 0 Å². The maximum Gasteiger partial charge on any atom is 0.261 e. The Morgan fingerprint density at radius 1 is 1.18 bits per heavy atom. The van der Waals surface area contributed by atoms with Gasteiger partial charge in [-0.2, -0.15) is 0 Å². The standard InChI is InChI=1S/C18H22N2OS/c19-14-8-12-5-3-6-13(9-14)17(12)20-18(21)16-10-11-4-1-2-7-15(11)22-16/h1-2,4,7,10,12-14,17H,3,5-6,8-9,19H2,(H,20,21). The fourth-order valence-electron chi connectivity index (χ4n) is 4.34. The SMILES string of the molecule is NC1CC2CCCC(C1)C2NC(=O)c1cc2ccccc2s1. The first-order valence-corrected chi connectivity index (χ1v) is 9.07. The van der Waals surface area contributed by atoms with Crippen LogP contribution in [0.1, 0.15) is 41.8 Å². The van der Waals surface area contributed by atoms with E-state index in [1.807, 2.05) is 18.2 Å². The highest BCUT2D eigenvalue weighted by atomic mass is 32.1. The molecule has 3 nitrogen and oxygen atoms in total. The maximum absolute atomic E-state index is 12.7. The van der Waals surface area contributed by atoms with Gasteiger partial charge in [-0.05, 0) is 55.0 Å². The van der Waals surface area contributed by atoms with Crippen molar-refractivity contribution in [3.63, 3.8) is 0 Å². The Labute approximate surface area is 134 Å². The van der Waals surface area contributed by atoms with Crippen LogP contribution >= 0.6 is 11.3 Å². The predicted octanol–water partition coefficient (Wildman–Crippen LogP) is 3.54. The van der Waals surface area contributed by atoms with Crippen molar-refractivity contribution in [1.29, 1.82) is 0 Å². The van der Waals surface area contributed by atoms with Crippen LogP contribution in [-0.2, 0) is 0 Å². The molecule has 2 fully saturated rings. The molecule has 0 aliphatic heterocycles. The second-order valence-electron chi connectivity index (χ2n) is 6.83. The molecule has 4 heteroatoms. The second kappa shape index (κ2) is 5.67. The summed E-state index contributed by atoms with van der Waals surface area (Å²) in [5.41, 5.74) is 6.17. The predicted molar refractivity (Wildman–Crippen MR) is 91.1 cm³/mol. The van der Waals surface area contributed by atoms with E-state index >= 15 is 0 Å². The first-order chi connectivity index (χ1) is 10.7. The minimum atomic E-state index is 0.0959. The Kier molecular flexibility index (Phi) is 3.66. The molecule has 2 aliphatic carbocycles. The minimum absolute atomic E-state index is 0.0959. The average molecular weight is 314 g/mol. The summed E-state index contributed by atoms with van der Waals surface area (Å²) in [5.74, 6) is 1.24. The van der Waals surface area contributed by atoms with E-state index in [2.05, 4.69) is 17.4 Å². The molecule has 1 aromatic carbocycles. The van der Waals surface area contributed by atoms with E-state index in [9.17, 15) is 4.79 Å². The summed E-state index contributed by atoms with van der Waals surface area (Å²) in [6, 6.07) is 10.8. The summed E-state index contributed by atoms with van der Waals surface area (Å²) in [6.07, 6.45) is 5.84. The van der Waals surface area contributed by atoms with Crippen molar-refractivity contribution in [2.75, 3.05) is 0 Å². The topological polar surface area (TPSA) is 55.1 Å². The number of benzene rings is 1. The van der Waals surface area contributed by atoms with E-state index in [0.717, 1.165) is 23.1 Å². The average Bonchev–Trinajstić information content (AvgIpc) is 2.92. The Hall–Kier alpha value is -1.39. The monoisotopic (exact) mass is 314 g/mol. The van der Waals surface area contributed by atoms with Crippen LogP contribution in [-0.4, -0.2) is 18.0 Å². The van der Waals surface area contributed by atoms with E-state index in [1.54, 1.807) is 11.3 Å². The van der Waals surface area contributed by atoms with Crippen LogP contribution in [0.4, 0.5) is 0 Å². The number of rotatable bonds is 2.